The van der Waals surface area contributed by atoms with E-state index in [9.17, 15) is 9.59 Å². The van der Waals surface area contributed by atoms with Gasteiger partial charge in [0.2, 0.25) is 5.91 Å². The van der Waals surface area contributed by atoms with Crippen LogP contribution < -0.4 is 5.32 Å². The maximum atomic E-state index is 13.5. The highest BCUT2D eigenvalue weighted by Crippen LogP contribution is 2.35. The lowest BCUT2D eigenvalue weighted by Crippen LogP contribution is -2.43. The molecule has 5 rings (SSSR count). The summed E-state index contributed by atoms with van der Waals surface area (Å²) in [4.78, 5) is 37.5. The average molecular weight is 483 g/mol. The maximum absolute atomic E-state index is 13.5. The lowest BCUT2D eigenvalue weighted by molar-refractivity contribution is -0.124. The Bertz CT molecular complexity index is 1320. The molecule has 0 bridgehead atoms. The topological polar surface area (TPSA) is 74.1 Å². The van der Waals surface area contributed by atoms with Crippen LogP contribution in [0.5, 0.6) is 0 Å². The van der Waals surface area contributed by atoms with Crippen molar-refractivity contribution in [1.82, 2.24) is 10.2 Å². The van der Waals surface area contributed by atoms with Crippen LogP contribution in [0.25, 0.3) is 0 Å². The monoisotopic (exact) mass is 482 g/mol. The highest BCUT2D eigenvalue weighted by Gasteiger charge is 2.42. The Kier molecular flexibility index (Phi) is 6.51. The van der Waals surface area contributed by atoms with Gasteiger partial charge < -0.3 is 5.32 Å². The Hall–Kier alpha value is -3.71. The van der Waals surface area contributed by atoms with Gasteiger partial charge in [-0.05, 0) is 37.1 Å². The minimum absolute atomic E-state index is 0.108. The number of hydrogen-bond donors (Lipinski definition) is 1. The molecule has 35 heavy (non-hydrogen) atoms. The first-order chi connectivity index (χ1) is 17.0. The molecule has 2 aliphatic heterocycles. The summed E-state index contributed by atoms with van der Waals surface area (Å²) in [7, 11) is 0. The molecule has 0 aliphatic carbocycles. The van der Waals surface area contributed by atoms with Crippen LogP contribution in [0.2, 0.25) is 0 Å². The second-order valence-electron chi connectivity index (χ2n) is 8.71. The number of amides is 2. The Morgan fingerprint density at radius 1 is 1.00 bits per heavy atom. The van der Waals surface area contributed by atoms with Crippen LogP contribution in [0.4, 0.5) is 5.69 Å². The van der Waals surface area contributed by atoms with Crippen LogP contribution in [0.1, 0.15) is 29.2 Å². The van der Waals surface area contributed by atoms with Gasteiger partial charge in [0.25, 0.3) is 5.91 Å². The van der Waals surface area contributed by atoms with Gasteiger partial charge in [-0.2, -0.15) is 0 Å². The summed E-state index contributed by atoms with van der Waals surface area (Å²) in [6.45, 7) is 4.32. The smallest absolute Gasteiger partial charge is 0.259 e. The van der Waals surface area contributed by atoms with Crippen molar-refractivity contribution in [3.05, 3.63) is 101 Å². The van der Waals surface area contributed by atoms with Gasteiger partial charge >= 0.3 is 0 Å². The molecule has 176 valence electrons. The third-order valence-electron chi connectivity index (χ3n) is 6.06. The third-order valence-corrected chi connectivity index (χ3v) is 7.11. The van der Waals surface area contributed by atoms with Crippen LogP contribution in [0.3, 0.4) is 0 Å². The summed E-state index contributed by atoms with van der Waals surface area (Å²) in [5.74, 6) is 0.385. The quantitative estimate of drug-likeness (QED) is 0.557. The van der Waals surface area contributed by atoms with Crippen LogP contribution >= 0.6 is 11.8 Å². The molecule has 1 N–H and O–H groups in total. The highest BCUT2D eigenvalue weighted by molar-refractivity contribution is 8.15. The summed E-state index contributed by atoms with van der Waals surface area (Å²) in [5.41, 5.74) is 4.86. The van der Waals surface area contributed by atoms with Crippen molar-refractivity contribution in [1.29, 1.82) is 0 Å². The number of rotatable bonds is 6. The highest BCUT2D eigenvalue weighted by atomic mass is 32.2. The van der Waals surface area contributed by atoms with Crippen molar-refractivity contribution in [3.8, 4) is 0 Å². The molecule has 6 nitrogen and oxygen atoms in total. The zero-order valence-electron chi connectivity index (χ0n) is 19.6. The fraction of sp³-hybridized carbons (Fsp3) is 0.214. The van der Waals surface area contributed by atoms with Gasteiger partial charge in [-0.15, -0.1) is 0 Å². The molecule has 3 aromatic rings. The number of hydrogen-bond acceptors (Lipinski definition) is 5. The molecule has 0 fully saturated rings. The summed E-state index contributed by atoms with van der Waals surface area (Å²) >= 11 is 1.28. The molecular formula is C28H26N4O2S. The fourth-order valence-corrected chi connectivity index (χ4v) is 5.04. The molecule has 0 spiro atoms. The Morgan fingerprint density at radius 3 is 2.49 bits per heavy atom. The number of nitrogens with zero attached hydrogens (tertiary/aromatic N) is 3. The molecule has 2 amide bonds. The van der Waals surface area contributed by atoms with Gasteiger partial charge in [0, 0.05) is 18.5 Å². The first-order valence-electron chi connectivity index (χ1n) is 11.6. The number of aryl methyl sites for hydroxylation is 1. The van der Waals surface area contributed by atoms with Crippen molar-refractivity contribution in [2.24, 2.45) is 9.98 Å². The second kappa shape index (κ2) is 9.88. The third kappa shape index (κ3) is 4.91. The molecule has 0 saturated carbocycles. The number of aliphatic imine (C=N–C) groups is 2. The van der Waals surface area contributed by atoms with E-state index in [1.165, 1.54) is 17.3 Å². The first kappa shape index (κ1) is 23.1. The molecule has 3 aromatic carbocycles. The summed E-state index contributed by atoms with van der Waals surface area (Å²) in [5, 5.41) is 3.04. The van der Waals surface area contributed by atoms with E-state index in [2.05, 4.69) is 5.32 Å². The summed E-state index contributed by atoms with van der Waals surface area (Å²) in [6, 6.07) is 25.1. The number of nitrogens with one attached hydrogen (secondary N) is 1. The zero-order valence-corrected chi connectivity index (χ0v) is 20.5. The average Bonchev–Trinajstić information content (AvgIpc) is 3.20. The van der Waals surface area contributed by atoms with Gasteiger partial charge in [-0.3, -0.25) is 14.6 Å². The van der Waals surface area contributed by atoms with Gasteiger partial charge in [-0.25, -0.2) is 9.89 Å². The van der Waals surface area contributed by atoms with Crippen LogP contribution in [-0.4, -0.2) is 39.0 Å². The number of carbonyl (C=O) groups is 2. The van der Waals surface area contributed by atoms with E-state index in [1.807, 2.05) is 92.7 Å². The maximum Gasteiger partial charge on any atom is 0.259 e. The van der Waals surface area contributed by atoms with Crippen LogP contribution in [0, 0.1) is 6.92 Å². The SMILES string of the molecule is Cc1ccc(CNC(=O)[C@@H](C)SC2=Nc3ccccc3C3=N[C@H](Cc4ccccc4)C(=O)N23)cc1. The molecule has 0 radical (unpaired) electrons. The van der Waals surface area contributed by atoms with Gasteiger partial charge in [-0.1, -0.05) is 84.1 Å². The van der Waals surface area contributed by atoms with Crippen molar-refractivity contribution in [2.45, 2.75) is 38.1 Å². The van der Waals surface area contributed by atoms with Crippen LogP contribution in [-0.2, 0) is 22.6 Å². The summed E-state index contributed by atoms with van der Waals surface area (Å²) < 4.78 is 0. The minimum Gasteiger partial charge on any atom is -0.351 e. The van der Waals surface area contributed by atoms with Crippen molar-refractivity contribution in [3.63, 3.8) is 0 Å². The predicted molar refractivity (Wildman–Crippen MR) is 141 cm³/mol. The molecule has 2 atom stereocenters. The van der Waals surface area contributed by atoms with E-state index in [0.717, 1.165) is 22.4 Å². The molecule has 0 aromatic heterocycles. The van der Waals surface area contributed by atoms with E-state index >= 15 is 0 Å². The molecule has 0 saturated heterocycles. The van der Waals surface area contributed by atoms with E-state index in [-0.39, 0.29) is 11.8 Å². The molecule has 7 heteroatoms. The number of fused-ring (bicyclic) bond motifs is 3. The van der Waals surface area contributed by atoms with Gasteiger partial charge in [0.05, 0.1) is 10.9 Å². The normalized spacial score (nSPS) is 17.3. The first-order valence-corrected chi connectivity index (χ1v) is 12.5. The Labute approximate surface area is 209 Å². The lowest BCUT2D eigenvalue weighted by atomic mass is 10.1. The minimum atomic E-state index is -0.518. The standard InChI is InChI=1S/C28H26N4O2S/c1-18-12-14-21(15-13-18)17-29-26(33)19(2)35-28-31-23-11-7-6-10-22(23)25-30-24(27(34)32(25)28)16-20-8-4-3-5-9-20/h3-15,19,24H,16-17H2,1-2H3,(H,29,33)/t19-,24-/m1/s1. The summed E-state index contributed by atoms with van der Waals surface area (Å²) in [6.07, 6.45) is 0.520. The Balaban J connectivity index is 1.34. The van der Waals surface area contributed by atoms with Gasteiger partial charge in [0.15, 0.2) is 5.17 Å². The van der Waals surface area contributed by atoms with E-state index in [1.54, 1.807) is 4.90 Å². The number of amidine groups is 2. The predicted octanol–water partition coefficient (Wildman–Crippen LogP) is 4.63. The van der Waals surface area contributed by atoms with E-state index in [0.29, 0.717) is 24.0 Å². The van der Waals surface area contributed by atoms with Crippen molar-refractivity contribution in [2.75, 3.05) is 0 Å². The van der Waals surface area contributed by atoms with Crippen molar-refractivity contribution >= 4 is 40.3 Å². The lowest BCUT2D eigenvalue weighted by Gasteiger charge is -2.27. The number of benzene rings is 3. The Morgan fingerprint density at radius 2 is 1.71 bits per heavy atom. The fourth-order valence-electron chi connectivity index (χ4n) is 4.10. The van der Waals surface area contributed by atoms with Crippen LogP contribution in [0.15, 0.2) is 88.8 Å². The second-order valence-corrected chi connectivity index (χ2v) is 10.0. The molecular weight excluding hydrogens is 456 g/mol. The number of thioether (sulfide) groups is 1. The number of carbonyl (C=O) groups excluding carboxylic acids is 2. The largest absolute Gasteiger partial charge is 0.351 e. The van der Waals surface area contributed by atoms with E-state index < -0.39 is 11.3 Å². The van der Waals surface area contributed by atoms with E-state index in [4.69, 9.17) is 9.98 Å². The zero-order chi connectivity index (χ0) is 24.4. The van der Waals surface area contributed by atoms with Crippen molar-refractivity contribution < 1.29 is 9.59 Å². The molecule has 2 aliphatic rings. The molecule has 0 unspecified atom stereocenters. The number of para-hydroxylation sites is 1. The van der Waals surface area contributed by atoms with Gasteiger partial charge in [0.1, 0.15) is 11.9 Å². The molecule has 2 heterocycles.